The Labute approximate surface area is 119 Å². The minimum atomic E-state index is -3.79. The number of benzene rings is 1. The number of rotatable bonds is 3. The summed E-state index contributed by atoms with van der Waals surface area (Å²) in [6.07, 6.45) is 0.274. The van der Waals surface area contributed by atoms with E-state index >= 15 is 0 Å². The SMILES string of the molecule is Cc1ccc(S(=O)(=O)NC2(C)CCS(=O)(=O)C2)cc1N. The van der Waals surface area contributed by atoms with Crippen molar-refractivity contribution in [3.05, 3.63) is 23.8 Å². The number of hydrogen-bond donors (Lipinski definition) is 2. The lowest BCUT2D eigenvalue weighted by atomic mass is 10.0. The van der Waals surface area contributed by atoms with Crippen LogP contribution in [-0.2, 0) is 19.9 Å². The first-order valence-corrected chi connectivity index (χ1v) is 9.44. The molecule has 0 saturated carbocycles. The van der Waals surface area contributed by atoms with E-state index in [0.29, 0.717) is 5.69 Å². The van der Waals surface area contributed by atoms with Crippen LogP contribution in [0.5, 0.6) is 0 Å². The molecule has 20 heavy (non-hydrogen) atoms. The predicted molar refractivity (Wildman–Crippen MR) is 77.6 cm³/mol. The lowest BCUT2D eigenvalue weighted by Gasteiger charge is -2.23. The standard InChI is InChI=1S/C12H18N2O4S2/c1-9-3-4-10(7-11(9)13)20(17,18)14-12(2)5-6-19(15,16)8-12/h3-4,7,14H,5-6,8,13H2,1-2H3. The molecular weight excluding hydrogens is 300 g/mol. The van der Waals surface area contributed by atoms with Crippen molar-refractivity contribution < 1.29 is 16.8 Å². The topological polar surface area (TPSA) is 106 Å². The molecular formula is C12H18N2O4S2. The van der Waals surface area contributed by atoms with Crippen LogP contribution < -0.4 is 10.5 Å². The van der Waals surface area contributed by atoms with Crippen molar-refractivity contribution in [1.29, 1.82) is 0 Å². The average Bonchev–Trinajstić information content (AvgIpc) is 2.55. The van der Waals surface area contributed by atoms with Gasteiger partial charge in [-0.15, -0.1) is 0 Å². The van der Waals surface area contributed by atoms with Crippen LogP contribution in [0, 0.1) is 6.92 Å². The molecule has 1 aliphatic heterocycles. The highest BCUT2D eigenvalue weighted by Crippen LogP contribution is 2.26. The molecule has 1 aromatic carbocycles. The number of nitrogens with one attached hydrogen (secondary N) is 1. The molecule has 0 aromatic heterocycles. The molecule has 1 aromatic rings. The molecule has 0 amide bonds. The van der Waals surface area contributed by atoms with Gasteiger partial charge in [0.2, 0.25) is 10.0 Å². The summed E-state index contributed by atoms with van der Waals surface area (Å²) >= 11 is 0. The number of hydrogen-bond acceptors (Lipinski definition) is 5. The van der Waals surface area contributed by atoms with Crippen molar-refractivity contribution in [3.8, 4) is 0 Å². The molecule has 0 radical (unpaired) electrons. The van der Waals surface area contributed by atoms with Crippen molar-refractivity contribution in [1.82, 2.24) is 4.72 Å². The van der Waals surface area contributed by atoms with Crippen LogP contribution in [-0.4, -0.2) is 33.9 Å². The van der Waals surface area contributed by atoms with Crippen LogP contribution in [0.1, 0.15) is 18.9 Å². The molecule has 1 fully saturated rings. The van der Waals surface area contributed by atoms with E-state index in [1.54, 1.807) is 19.9 Å². The monoisotopic (exact) mass is 318 g/mol. The van der Waals surface area contributed by atoms with Crippen LogP contribution in [0.25, 0.3) is 0 Å². The van der Waals surface area contributed by atoms with Gasteiger partial charge in [0.05, 0.1) is 16.4 Å². The Morgan fingerprint density at radius 1 is 1.35 bits per heavy atom. The van der Waals surface area contributed by atoms with Gasteiger partial charge in [-0.2, -0.15) is 0 Å². The summed E-state index contributed by atoms with van der Waals surface area (Å²) in [6.45, 7) is 3.39. The Hall–Kier alpha value is -1.12. The lowest BCUT2D eigenvalue weighted by Crippen LogP contribution is -2.46. The first-order valence-electron chi connectivity index (χ1n) is 6.14. The second kappa shape index (κ2) is 4.71. The van der Waals surface area contributed by atoms with E-state index in [1.807, 2.05) is 0 Å². The zero-order valence-electron chi connectivity index (χ0n) is 11.4. The molecule has 2 rings (SSSR count). The third kappa shape index (κ3) is 3.13. The van der Waals surface area contributed by atoms with E-state index in [9.17, 15) is 16.8 Å². The summed E-state index contributed by atoms with van der Waals surface area (Å²) in [5, 5.41) is 0. The Bertz CT molecular complexity index is 741. The van der Waals surface area contributed by atoms with Crippen LogP contribution in [0.15, 0.2) is 23.1 Å². The van der Waals surface area contributed by atoms with Gasteiger partial charge in [0.1, 0.15) is 0 Å². The Kier molecular flexibility index (Phi) is 3.60. The normalized spacial score (nSPS) is 25.7. The summed E-state index contributed by atoms with van der Waals surface area (Å²) in [7, 11) is -6.96. The first-order chi connectivity index (χ1) is 9.03. The van der Waals surface area contributed by atoms with Crippen molar-refractivity contribution in [2.24, 2.45) is 0 Å². The van der Waals surface area contributed by atoms with E-state index in [-0.39, 0.29) is 22.8 Å². The van der Waals surface area contributed by atoms with Gasteiger partial charge in [-0.25, -0.2) is 21.6 Å². The Morgan fingerprint density at radius 2 is 2.00 bits per heavy atom. The molecule has 0 bridgehead atoms. The molecule has 1 heterocycles. The molecule has 3 N–H and O–H groups in total. The summed E-state index contributed by atoms with van der Waals surface area (Å²) in [4.78, 5) is 0.0473. The highest BCUT2D eigenvalue weighted by atomic mass is 32.2. The van der Waals surface area contributed by atoms with E-state index in [0.717, 1.165) is 5.56 Å². The van der Waals surface area contributed by atoms with Gasteiger partial charge >= 0.3 is 0 Å². The van der Waals surface area contributed by atoms with E-state index in [2.05, 4.69) is 4.72 Å². The third-order valence-corrected chi connectivity index (χ3v) is 6.98. The zero-order valence-corrected chi connectivity index (χ0v) is 13.0. The molecule has 6 nitrogen and oxygen atoms in total. The summed E-state index contributed by atoms with van der Waals surface area (Å²) in [5.74, 6) is -0.178. The fourth-order valence-corrected chi connectivity index (χ4v) is 5.91. The maximum Gasteiger partial charge on any atom is 0.241 e. The molecule has 1 unspecified atom stereocenters. The smallest absolute Gasteiger partial charge is 0.241 e. The van der Waals surface area contributed by atoms with Crippen LogP contribution in [0.2, 0.25) is 0 Å². The van der Waals surface area contributed by atoms with Crippen molar-refractivity contribution in [2.45, 2.75) is 30.7 Å². The van der Waals surface area contributed by atoms with Crippen molar-refractivity contribution in [3.63, 3.8) is 0 Å². The number of aryl methyl sites for hydroxylation is 1. The van der Waals surface area contributed by atoms with Gasteiger partial charge in [0.15, 0.2) is 9.84 Å². The van der Waals surface area contributed by atoms with Gasteiger partial charge in [-0.05, 0) is 38.0 Å². The predicted octanol–water partition coefficient (Wildman–Crippen LogP) is 0.433. The molecule has 8 heteroatoms. The zero-order chi connectivity index (χ0) is 15.2. The molecule has 1 saturated heterocycles. The maximum atomic E-state index is 12.3. The molecule has 1 aliphatic rings. The molecule has 0 aliphatic carbocycles. The molecule has 112 valence electrons. The number of nitrogens with two attached hydrogens (primary N) is 1. The second-order valence-corrected chi connectivity index (χ2v) is 9.39. The van der Waals surface area contributed by atoms with Gasteiger partial charge < -0.3 is 5.73 Å². The minimum absolute atomic E-state index is 0.00204. The Balaban J connectivity index is 2.30. The highest BCUT2D eigenvalue weighted by molar-refractivity contribution is 7.92. The summed E-state index contributed by atoms with van der Waals surface area (Å²) < 4.78 is 50.1. The summed E-state index contributed by atoms with van der Waals surface area (Å²) in [5.41, 5.74) is 5.93. The largest absolute Gasteiger partial charge is 0.398 e. The van der Waals surface area contributed by atoms with Crippen molar-refractivity contribution >= 4 is 25.5 Å². The fraction of sp³-hybridized carbons (Fsp3) is 0.500. The average molecular weight is 318 g/mol. The van der Waals surface area contributed by atoms with Crippen LogP contribution in [0.4, 0.5) is 5.69 Å². The van der Waals surface area contributed by atoms with E-state index < -0.39 is 25.4 Å². The van der Waals surface area contributed by atoms with Gasteiger partial charge in [0.25, 0.3) is 0 Å². The second-order valence-electron chi connectivity index (χ2n) is 5.53. The number of nitrogen functional groups attached to an aromatic ring is 1. The first kappa shape index (κ1) is 15.3. The van der Waals surface area contributed by atoms with E-state index in [1.165, 1.54) is 12.1 Å². The van der Waals surface area contributed by atoms with Gasteiger partial charge in [-0.1, -0.05) is 6.07 Å². The Morgan fingerprint density at radius 3 is 2.50 bits per heavy atom. The minimum Gasteiger partial charge on any atom is -0.398 e. The lowest BCUT2D eigenvalue weighted by molar-refractivity contribution is 0.462. The summed E-state index contributed by atoms with van der Waals surface area (Å²) in [6, 6.07) is 4.46. The molecule has 1 atom stereocenters. The number of anilines is 1. The number of sulfone groups is 1. The van der Waals surface area contributed by atoms with Crippen LogP contribution >= 0.6 is 0 Å². The van der Waals surface area contributed by atoms with Gasteiger partial charge in [0, 0.05) is 11.2 Å². The van der Waals surface area contributed by atoms with Crippen LogP contribution in [0.3, 0.4) is 0 Å². The third-order valence-electron chi connectivity index (χ3n) is 3.45. The van der Waals surface area contributed by atoms with Crippen molar-refractivity contribution in [2.75, 3.05) is 17.2 Å². The van der Waals surface area contributed by atoms with Gasteiger partial charge in [-0.3, -0.25) is 0 Å². The quantitative estimate of drug-likeness (QED) is 0.786. The maximum absolute atomic E-state index is 12.3. The molecule has 0 spiro atoms. The van der Waals surface area contributed by atoms with E-state index in [4.69, 9.17) is 5.73 Å². The number of sulfonamides is 1. The highest BCUT2D eigenvalue weighted by Gasteiger charge is 2.41. The fourth-order valence-electron chi connectivity index (χ4n) is 2.26.